The fourth-order valence-corrected chi connectivity index (χ4v) is 12.0. The van der Waals surface area contributed by atoms with Crippen molar-refractivity contribution in [1.82, 2.24) is 29.9 Å². The van der Waals surface area contributed by atoms with E-state index in [1.807, 2.05) is 0 Å². The van der Waals surface area contributed by atoms with Gasteiger partial charge in [0.15, 0.2) is 0 Å². The number of carboxylic acids is 1. The van der Waals surface area contributed by atoms with Gasteiger partial charge in [0.1, 0.15) is 11.0 Å². The monoisotopic (exact) mass is 928 g/mol. The molecule has 8 bridgehead atoms. The predicted octanol–water partition coefficient (Wildman–Crippen LogP) is 15.8. The molecule has 5 aromatic carbocycles. The second kappa shape index (κ2) is 16.7. The summed E-state index contributed by atoms with van der Waals surface area (Å²) in [5.74, 6) is -1.03. The van der Waals surface area contributed by atoms with Gasteiger partial charge < -0.3 is 15.1 Å². The van der Waals surface area contributed by atoms with E-state index in [4.69, 9.17) is 19.9 Å². The molecule has 11 rings (SSSR count). The molecule has 6 heterocycles. The van der Waals surface area contributed by atoms with Crippen LogP contribution >= 0.6 is 0 Å². The predicted molar refractivity (Wildman–Crippen MR) is 295 cm³/mol. The van der Waals surface area contributed by atoms with E-state index in [0.29, 0.717) is 22.1 Å². The molecule has 350 valence electrons. The van der Waals surface area contributed by atoms with Gasteiger partial charge in [-0.2, -0.15) is 0 Å². The van der Waals surface area contributed by atoms with Crippen LogP contribution in [0.2, 0.25) is 0 Å². The van der Waals surface area contributed by atoms with Crippen LogP contribution in [-0.2, 0) is 0 Å². The number of carbonyl (C=O) groups is 1. The Morgan fingerprint density at radius 2 is 0.690 bits per heavy atom. The van der Waals surface area contributed by atoms with E-state index in [9.17, 15) is 9.90 Å². The lowest BCUT2D eigenvalue weighted by atomic mass is 9.92. The third-order valence-corrected chi connectivity index (χ3v) is 14.4. The van der Waals surface area contributed by atoms with Crippen molar-refractivity contribution in [3.05, 3.63) is 174 Å². The van der Waals surface area contributed by atoms with Crippen molar-refractivity contribution in [3.63, 3.8) is 0 Å². The van der Waals surface area contributed by atoms with Gasteiger partial charge in [0.05, 0.1) is 50.4 Å². The van der Waals surface area contributed by atoms with Crippen molar-refractivity contribution < 1.29 is 9.90 Å². The smallest absolute Gasteiger partial charge is 0.335 e. The molecule has 0 saturated heterocycles. The third kappa shape index (κ3) is 7.48. The van der Waals surface area contributed by atoms with Crippen molar-refractivity contribution in [2.75, 3.05) is 0 Å². The summed E-state index contributed by atoms with van der Waals surface area (Å²) in [5.41, 5.74) is 30.9. The molecular weight excluding hydrogens is 873 g/mol. The maximum atomic E-state index is 12.4. The molecule has 0 unspecified atom stereocenters. The fraction of sp³-hybridized carbons (Fsp3) is 0.190. The molecule has 8 nitrogen and oxygen atoms in total. The largest absolute Gasteiger partial charge is 0.478 e. The lowest BCUT2D eigenvalue weighted by Gasteiger charge is -2.15. The van der Waals surface area contributed by atoms with E-state index in [-0.39, 0.29) is 5.56 Å². The number of aromatic amines is 2. The average molecular weight is 929 g/mol. The average Bonchev–Trinajstić information content (AvgIpc) is 4.13. The van der Waals surface area contributed by atoms with Gasteiger partial charge in [-0.1, -0.05) is 70.8 Å². The van der Waals surface area contributed by atoms with Crippen molar-refractivity contribution >= 4 is 74.4 Å². The number of benzene rings is 5. The highest BCUT2D eigenvalue weighted by molar-refractivity contribution is 6.16. The molecular formula is C63H56N6O2. The van der Waals surface area contributed by atoms with E-state index >= 15 is 0 Å². The summed E-state index contributed by atoms with van der Waals surface area (Å²) in [4.78, 5) is 42.8. The summed E-state index contributed by atoms with van der Waals surface area (Å²) in [6.45, 7) is 26.0. The molecule has 2 aliphatic rings. The van der Waals surface area contributed by atoms with Crippen LogP contribution in [-0.4, -0.2) is 41.0 Å². The molecule has 3 N–H and O–H groups in total. The Morgan fingerprint density at radius 1 is 0.366 bits per heavy atom. The Bertz CT molecular complexity index is 4010. The van der Waals surface area contributed by atoms with E-state index < -0.39 is 5.97 Å². The quantitative estimate of drug-likeness (QED) is 0.158. The number of carboxylic acid groups (broad SMARTS) is 1. The zero-order valence-corrected chi connectivity index (χ0v) is 42.5. The fourth-order valence-electron chi connectivity index (χ4n) is 12.0. The van der Waals surface area contributed by atoms with Crippen molar-refractivity contribution in [2.24, 2.45) is 0 Å². The summed E-state index contributed by atoms with van der Waals surface area (Å²) < 4.78 is 0. The normalized spacial score (nSPS) is 12.2. The van der Waals surface area contributed by atoms with Gasteiger partial charge in [-0.15, -0.1) is 0 Å². The molecule has 0 aliphatic carbocycles. The Kier molecular flexibility index (Phi) is 10.7. The van der Waals surface area contributed by atoms with Crippen LogP contribution in [0.1, 0.15) is 99.9 Å². The minimum Gasteiger partial charge on any atom is -0.478 e. The lowest BCUT2D eigenvalue weighted by Crippen LogP contribution is -1.97. The molecule has 71 heavy (non-hydrogen) atoms. The SMILES string of the molecule is Cc1cc(C)c(-c2c3nc(c(-c4c(C)cc(C)cc4C)c4[nH]c(c(-c5c(C)cc(C)cc5C)c5nc(c(-c6c(C)cc(C)cc6C)c6ccc2[nH]6)C=C5)c2nc5cc(C(=O)O)ccc5nc42)C=C3)c(C)c1. The van der Waals surface area contributed by atoms with Crippen LogP contribution in [0.25, 0.3) is 113 Å². The number of aromatic nitrogens is 6. The van der Waals surface area contributed by atoms with E-state index in [1.54, 1.807) is 18.2 Å². The van der Waals surface area contributed by atoms with Gasteiger partial charge in [-0.3, -0.25) is 0 Å². The van der Waals surface area contributed by atoms with Crippen LogP contribution in [0.4, 0.5) is 0 Å². The number of aryl methyl sites for hydroxylation is 12. The minimum absolute atomic E-state index is 0.139. The molecule has 2 aliphatic heterocycles. The molecule has 9 aromatic rings. The zero-order chi connectivity index (χ0) is 49.9. The van der Waals surface area contributed by atoms with Gasteiger partial charge in [0.2, 0.25) is 0 Å². The van der Waals surface area contributed by atoms with Crippen LogP contribution in [0.15, 0.2) is 78.9 Å². The van der Waals surface area contributed by atoms with E-state index in [2.05, 4.69) is 178 Å². The van der Waals surface area contributed by atoms with Crippen LogP contribution in [0.3, 0.4) is 0 Å². The molecule has 0 amide bonds. The maximum absolute atomic E-state index is 12.4. The number of hydrogen-bond donors (Lipinski definition) is 3. The Morgan fingerprint density at radius 3 is 1.04 bits per heavy atom. The number of aromatic carboxylic acids is 1. The maximum Gasteiger partial charge on any atom is 0.335 e. The van der Waals surface area contributed by atoms with Crippen molar-refractivity contribution in [3.8, 4) is 44.5 Å². The second-order valence-corrected chi connectivity index (χ2v) is 20.1. The number of nitrogens with zero attached hydrogens (tertiary/aromatic N) is 4. The highest BCUT2D eigenvalue weighted by Crippen LogP contribution is 2.45. The summed E-state index contributed by atoms with van der Waals surface area (Å²) in [5, 5.41) is 10.2. The van der Waals surface area contributed by atoms with Crippen molar-refractivity contribution in [2.45, 2.75) is 83.1 Å². The van der Waals surface area contributed by atoms with Gasteiger partial charge in [0, 0.05) is 33.3 Å². The number of H-pyrrole nitrogens is 2. The lowest BCUT2D eigenvalue weighted by molar-refractivity contribution is 0.0697. The first-order valence-electron chi connectivity index (χ1n) is 24.3. The van der Waals surface area contributed by atoms with Gasteiger partial charge in [-0.05, 0) is 204 Å². The summed E-state index contributed by atoms with van der Waals surface area (Å²) >= 11 is 0. The molecule has 0 saturated carbocycles. The van der Waals surface area contributed by atoms with E-state index in [0.717, 1.165) is 139 Å². The summed E-state index contributed by atoms with van der Waals surface area (Å²) in [7, 11) is 0. The Hall–Kier alpha value is -8.23. The minimum atomic E-state index is -1.03. The first-order chi connectivity index (χ1) is 33.9. The number of nitrogens with one attached hydrogen (secondary N) is 2. The van der Waals surface area contributed by atoms with Crippen molar-refractivity contribution in [1.29, 1.82) is 0 Å². The summed E-state index contributed by atoms with van der Waals surface area (Å²) in [6.07, 6.45) is 8.58. The highest BCUT2D eigenvalue weighted by Gasteiger charge is 2.26. The molecule has 0 radical (unpaired) electrons. The van der Waals surface area contributed by atoms with Gasteiger partial charge >= 0.3 is 5.97 Å². The first-order valence-corrected chi connectivity index (χ1v) is 24.3. The van der Waals surface area contributed by atoms with Crippen LogP contribution < -0.4 is 0 Å². The number of rotatable bonds is 5. The summed E-state index contributed by atoms with van der Waals surface area (Å²) in [6, 6.07) is 27.3. The number of hydrogen-bond acceptors (Lipinski definition) is 5. The van der Waals surface area contributed by atoms with E-state index in [1.165, 1.54) is 16.7 Å². The molecule has 0 fully saturated rings. The Labute approximate surface area is 414 Å². The first kappa shape index (κ1) is 45.2. The molecule has 0 spiro atoms. The highest BCUT2D eigenvalue weighted by atomic mass is 16.4. The zero-order valence-electron chi connectivity index (χ0n) is 42.5. The molecule has 8 heteroatoms. The van der Waals surface area contributed by atoms with Crippen LogP contribution in [0, 0.1) is 83.1 Å². The second-order valence-electron chi connectivity index (χ2n) is 20.1. The molecule has 4 aromatic heterocycles. The van der Waals surface area contributed by atoms with Gasteiger partial charge in [-0.25, -0.2) is 24.7 Å². The van der Waals surface area contributed by atoms with Gasteiger partial charge in [0.25, 0.3) is 0 Å². The standard InChI is InChI=1S/C63H56N6O2/c1-30-21-34(5)51(35(6)22-30)55-44-15-16-45(64-44)56(52-36(7)23-31(2)24-37(52)8)47-18-20-49(66-47)58(54-40(11)27-33(4)28-41(54)12)60-62-61(67-43-14-13-42(63(70)71)29-50(43)68-62)59(69-60)57(48-19-17-46(55)65-48)53-38(9)25-32(3)26-39(53)10/h13-29,64,69H,1-12H3,(H,70,71). The number of fused-ring (bicyclic) bond motifs is 12. The third-order valence-electron chi connectivity index (χ3n) is 14.4. The Balaban J connectivity index is 1.47. The topological polar surface area (TPSA) is 120 Å². The van der Waals surface area contributed by atoms with Crippen LogP contribution in [0.5, 0.6) is 0 Å². The molecule has 0 atom stereocenters.